The van der Waals surface area contributed by atoms with Crippen LogP contribution in [0.2, 0.25) is 0 Å². The van der Waals surface area contributed by atoms with E-state index in [1.807, 2.05) is 18.4 Å². The third-order valence-corrected chi connectivity index (χ3v) is 4.66. The quantitative estimate of drug-likeness (QED) is 0.687. The van der Waals surface area contributed by atoms with Crippen LogP contribution in [0.5, 0.6) is 0 Å². The maximum atomic E-state index is 12.9. The predicted molar refractivity (Wildman–Crippen MR) is 97.6 cm³/mol. The maximum Gasteiger partial charge on any atom is 0.416 e. The highest BCUT2D eigenvalue weighted by molar-refractivity contribution is 7.98. The maximum absolute atomic E-state index is 12.9. The number of pyridine rings is 1. The van der Waals surface area contributed by atoms with E-state index in [1.54, 1.807) is 28.4 Å². The first-order valence-corrected chi connectivity index (χ1v) is 9.56. The van der Waals surface area contributed by atoms with Gasteiger partial charge in [0.25, 0.3) is 5.91 Å². The van der Waals surface area contributed by atoms with Crippen molar-refractivity contribution in [2.75, 3.05) is 12.0 Å². The molecule has 142 valence electrons. The molecule has 3 aromatic rings. The van der Waals surface area contributed by atoms with E-state index in [1.165, 1.54) is 12.1 Å². The van der Waals surface area contributed by atoms with E-state index in [-0.39, 0.29) is 5.56 Å². The predicted octanol–water partition coefficient (Wildman–Crippen LogP) is 3.97. The van der Waals surface area contributed by atoms with Gasteiger partial charge in [0.1, 0.15) is 0 Å². The molecule has 1 aromatic carbocycles. The lowest BCUT2D eigenvalue weighted by Gasteiger charge is -2.17. The molecule has 0 bridgehead atoms. The molecular formula is C18H17F3N4OS. The van der Waals surface area contributed by atoms with Crippen LogP contribution in [0.15, 0.2) is 48.7 Å². The van der Waals surface area contributed by atoms with Gasteiger partial charge in [-0.05, 0) is 48.8 Å². The number of aromatic nitrogens is 3. The number of carbonyl (C=O) groups excluding carboxylic acids is 1. The summed E-state index contributed by atoms with van der Waals surface area (Å²) >= 11 is 1.60. The van der Waals surface area contributed by atoms with Crippen LogP contribution in [0, 0.1) is 0 Å². The SMILES string of the molecule is CSCCC(NC(=O)c1cccc(C(F)(F)F)c1)c1nnc2ccccn12. The Kier molecular flexibility index (Phi) is 5.69. The Balaban J connectivity index is 1.88. The molecule has 27 heavy (non-hydrogen) atoms. The molecule has 5 nitrogen and oxygen atoms in total. The molecule has 1 unspecified atom stereocenters. The summed E-state index contributed by atoms with van der Waals surface area (Å²) in [5, 5.41) is 11.0. The minimum absolute atomic E-state index is 0.0483. The summed E-state index contributed by atoms with van der Waals surface area (Å²) in [6.45, 7) is 0. The number of hydrogen-bond acceptors (Lipinski definition) is 4. The summed E-state index contributed by atoms with van der Waals surface area (Å²) in [6.07, 6.45) is -0.208. The van der Waals surface area contributed by atoms with Gasteiger partial charge in [-0.2, -0.15) is 24.9 Å². The molecular weight excluding hydrogens is 377 g/mol. The van der Waals surface area contributed by atoms with E-state index < -0.39 is 23.7 Å². The average Bonchev–Trinajstić information content (AvgIpc) is 3.08. The molecule has 0 spiro atoms. The van der Waals surface area contributed by atoms with Gasteiger partial charge in [-0.15, -0.1) is 10.2 Å². The van der Waals surface area contributed by atoms with Crippen LogP contribution in [0.1, 0.15) is 34.2 Å². The number of carbonyl (C=O) groups is 1. The molecule has 0 aliphatic rings. The number of hydrogen-bond donors (Lipinski definition) is 1. The third kappa shape index (κ3) is 4.41. The van der Waals surface area contributed by atoms with Crippen molar-refractivity contribution >= 4 is 23.3 Å². The van der Waals surface area contributed by atoms with Crippen molar-refractivity contribution in [3.63, 3.8) is 0 Å². The van der Waals surface area contributed by atoms with Gasteiger partial charge in [0, 0.05) is 11.8 Å². The minimum atomic E-state index is -4.50. The highest BCUT2D eigenvalue weighted by atomic mass is 32.2. The fourth-order valence-corrected chi connectivity index (χ4v) is 3.15. The van der Waals surface area contributed by atoms with Crippen molar-refractivity contribution in [3.05, 3.63) is 65.6 Å². The lowest BCUT2D eigenvalue weighted by molar-refractivity contribution is -0.137. The molecule has 9 heteroatoms. The Morgan fingerprint density at radius 2 is 2.04 bits per heavy atom. The van der Waals surface area contributed by atoms with E-state index in [2.05, 4.69) is 15.5 Å². The lowest BCUT2D eigenvalue weighted by atomic mass is 10.1. The first kappa shape index (κ1) is 19.2. The van der Waals surface area contributed by atoms with E-state index in [4.69, 9.17) is 0 Å². The molecule has 1 N–H and O–H groups in total. The Bertz CT molecular complexity index is 942. The first-order chi connectivity index (χ1) is 12.9. The van der Waals surface area contributed by atoms with Crippen LogP contribution in [0.25, 0.3) is 5.65 Å². The van der Waals surface area contributed by atoms with Crippen molar-refractivity contribution in [3.8, 4) is 0 Å². The number of amides is 1. The Morgan fingerprint density at radius 1 is 1.22 bits per heavy atom. The van der Waals surface area contributed by atoms with Crippen molar-refractivity contribution in [2.24, 2.45) is 0 Å². The molecule has 0 saturated heterocycles. The number of rotatable bonds is 6. The Hall–Kier alpha value is -2.55. The molecule has 0 saturated carbocycles. The normalized spacial score (nSPS) is 12.9. The molecule has 2 aromatic heterocycles. The summed E-state index contributed by atoms with van der Waals surface area (Å²) in [4.78, 5) is 12.6. The molecule has 1 amide bonds. The molecule has 0 fully saturated rings. The summed E-state index contributed by atoms with van der Waals surface area (Å²) in [5.41, 5.74) is -0.272. The molecule has 0 aliphatic heterocycles. The van der Waals surface area contributed by atoms with E-state index in [0.29, 0.717) is 17.9 Å². The second-order valence-electron chi connectivity index (χ2n) is 5.87. The number of alkyl halides is 3. The van der Waals surface area contributed by atoms with Gasteiger partial charge in [-0.1, -0.05) is 12.1 Å². The molecule has 1 atom stereocenters. The number of nitrogens with one attached hydrogen (secondary N) is 1. The van der Waals surface area contributed by atoms with Crippen molar-refractivity contribution in [1.29, 1.82) is 0 Å². The Labute approximate surface area is 158 Å². The van der Waals surface area contributed by atoms with Crippen LogP contribution < -0.4 is 5.32 Å². The van der Waals surface area contributed by atoms with E-state index in [9.17, 15) is 18.0 Å². The Morgan fingerprint density at radius 3 is 2.78 bits per heavy atom. The van der Waals surface area contributed by atoms with Gasteiger partial charge < -0.3 is 5.32 Å². The summed E-state index contributed by atoms with van der Waals surface area (Å²) in [7, 11) is 0. The standard InChI is InChI=1S/C18H17F3N4OS/c1-27-10-8-14(16-24-23-15-7-2-3-9-25(15)16)22-17(26)12-5-4-6-13(11-12)18(19,20)21/h2-7,9,11,14H,8,10H2,1H3,(H,22,26). The van der Waals surface area contributed by atoms with E-state index in [0.717, 1.165) is 17.9 Å². The number of halogens is 3. The number of nitrogens with zero attached hydrogens (tertiary/aromatic N) is 3. The zero-order valence-electron chi connectivity index (χ0n) is 14.4. The van der Waals surface area contributed by atoms with Crippen LogP contribution in [0.3, 0.4) is 0 Å². The second-order valence-corrected chi connectivity index (χ2v) is 6.86. The van der Waals surface area contributed by atoms with Crippen LogP contribution >= 0.6 is 11.8 Å². The van der Waals surface area contributed by atoms with Gasteiger partial charge in [0.05, 0.1) is 11.6 Å². The second kappa shape index (κ2) is 7.99. The highest BCUT2D eigenvalue weighted by Gasteiger charge is 2.31. The summed E-state index contributed by atoms with van der Waals surface area (Å²) in [5.74, 6) is 0.704. The lowest BCUT2D eigenvalue weighted by Crippen LogP contribution is -2.30. The third-order valence-electron chi connectivity index (χ3n) is 4.02. The number of fused-ring (bicyclic) bond motifs is 1. The molecule has 3 rings (SSSR count). The van der Waals surface area contributed by atoms with Gasteiger partial charge in [-0.25, -0.2) is 0 Å². The number of thioether (sulfide) groups is 1. The molecule has 2 heterocycles. The van der Waals surface area contributed by atoms with Crippen molar-refractivity contribution < 1.29 is 18.0 Å². The summed E-state index contributed by atoms with van der Waals surface area (Å²) < 4.78 is 40.5. The first-order valence-electron chi connectivity index (χ1n) is 8.17. The molecule has 0 aliphatic carbocycles. The van der Waals surface area contributed by atoms with Gasteiger partial charge >= 0.3 is 6.18 Å². The van der Waals surface area contributed by atoms with Crippen LogP contribution in [0.4, 0.5) is 13.2 Å². The smallest absolute Gasteiger partial charge is 0.342 e. The van der Waals surface area contributed by atoms with Gasteiger partial charge in [0.15, 0.2) is 11.5 Å². The zero-order chi connectivity index (χ0) is 19.4. The van der Waals surface area contributed by atoms with Crippen molar-refractivity contribution in [2.45, 2.75) is 18.6 Å². The average molecular weight is 394 g/mol. The van der Waals surface area contributed by atoms with Gasteiger partial charge in [-0.3, -0.25) is 9.20 Å². The van der Waals surface area contributed by atoms with Crippen molar-refractivity contribution in [1.82, 2.24) is 19.9 Å². The minimum Gasteiger partial charge on any atom is -0.342 e. The monoisotopic (exact) mass is 394 g/mol. The molecule has 0 radical (unpaired) electrons. The van der Waals surface area contributed by atoms with Crippen LogP contribution in [-0.2, 0) is 6.18 Å². The fourth-order valence-electron chi connectivity index (χ4n) is 2.68. The largest absolute Gasteiger partial charge is 0.416 e. The highest BCUT2D eigenvalue weighted by Crippen LogP contribution is 2.29. The van der Waals surface area contributed by atoms with Gasteiger partial charge in [0.2, 0.25) is 0 Å². The van der Waals surface area contributed by atoms with Crippen LogP contribution in [-0.4, -0.2) is 32.5 Å². The van der Waals surface area contributed by atoms with E-state index >= 15 is 0 Å². The zero-order valence-corrected chi connectivity index (χ0v) is 15.2. The fraction of sp³-hybridized carbons (Fsp3) is 0.278. The summed E-state index contributed by atoms with van der Waals surface area (Å²) in [6, 6.07) is 9.33. The number of benzene rings is 1. The topological polar surface area (TPSA) is 59.3 Å².